The van der Waals surface area contributed by atoms with Crippen LogP contribution in [0.1, 0.15) is 17.5 Å². The molecule has 1 amide bonds. The van der Waals surface area contributed by atoms with Gasteiger partial charge in [-0.15, -0.1) is 10.2 Å². The van der Waals surface area contributed by atoms with Gasteiger partial charge >= 0.3 is 0 Å². The standard InChI is InChI=1S/C25H20FN3O4S/c26-18-10-12-19(13-11-18)31-15-23-27-28-25(33-23)34-16-24(30)29-20-8-4-5-9-22(20)32-14-21(29)17-6-2-1-3-7-17/h1-13,21H,14-16H2/t21-/m1/s1. The van der Waals surface area contributed by atoms with E-state index in [1.807, 2.05) is 54.6 Å². The summed E-state index contributed by atoms with van der Waals surface area (Å²) in [5.74, 6) is 1.09. The van der Waals surface area contributed by atoms with Crippen LogP contribution < -0.4 is 14.4 Å². The van der Waals surface area contributed by atoms with Gasteiger partial charge in [0.2, 0.25) is 5.91 Å². The molecule has 172 valence electrons. The van der Waals surface area contributed by atoms with Crippen molar-refractivity contribution < 1.29 is 23.1 Å². The number of hydrogen-bond acceptors (Lipinski definition) is 7. The van der Waals surface area contributed by atoms with Crippen molar-refractivity contribution in [1.82, 2.24) is 10.2 Å². The van der Waals surface area contributed by atoms with Crippen molar-refractivity contribution in [2.24, 2.45) is 0 Å². The molecule has 1 aliphatic rings. The number of aromatic nitrogens is 2. The van der Waals surface area contributed by atoms with Gasteiger partial charge in [0.15, 0.2) is 6.61 Å². The molecule has 2 heterocycles. The lowest BCUT2D eigenvalue weighted by Crippen LogP contribution is -2.42. The highest BCUT2D eigenvalue weighted by molar-refractivity contribution is 7.99. The fraction of sp³-hybridized carbons (Fsp3) is 0.160. The third-order valence-corrected chi connectivity index (χ3v) is 6.03. The largest absolute Gasteiger partial charge is 0.489 e. The Morgan fingerprint density at radius 1 is 1.03 bits per heavy atom. The van der Waals surface area contributed by atoms with Crippen LogP contribution in [0.2, 0.25) is 0 Å². The molecule has 3 aromatic carbocycles. The molecule has 7 nitrogen and oxygen atoms in total. The lowest BCUT2D eigenvalue weighted by atomic mass is 10.0. The number of ether oxygens (including phenoxy) is 2. The van der Waals surface area contributed by atoms with Crippen LogP contribution in [0.25, 0.3) is 0 Å². The molecule has 1 aromatic heterocycles. The van der Waals surface area contributed by atoms with Crippen molar-refractivity contribution in [3.05, 3.63) is 96.1 Å². The number of thioether (sulfide) groups is 1. The first kappa shape index (κ1) is 22.0. The molecule has 0 spiro atoms. The first-order chi connectivity index (χ1) is 16.7. The fourth-order valence-corrected chi connectivity index (χ4v) is 4.28. The van der Waals surface area contributed by atoms with Gasteiger partial charge in [-0.3, -0.25) is 9.69 Å². The van der Waals surface area contributed by atoms with E-state index >= 15 is 0 Å². The summed E-state index contributed by atoms with van der Waals surface area (Å²) < 4.78 is 30.1. The van der Waals surface area contributed by atoms with E-state index in [2.05, 4.69) is 10.2 Å². The second-order valence-electron chi connectivity index (χ2n) is 7.46. The highest BCUT2D eigenvalue weighted by atomic mass is 32.2. The summed E-state index contributed by atoms with van der Waals surface area (Å²) in [6.45, 7) is 0.406. The maximum Gasteiger partial charge on any atom is 0.277 e. The number of rotatable bonds is 7. The van der Waals surface area contributed by atoms with Crippen molar-refractivity contribution in [1.29, 1.82) is 0 Å². The molecule has 34 heavy (non-hydrogen) atoms. The Balaban J connectivity index is 1.26. The number of carbonyl (C=O) groups is 1. The van der Waals surface area contributed by atoms with Crippen molar-refractivity contribution in [2.75, 3.05) is 17.3 Å². The van der Waals surface area contributed by atoms with Crippen molar-refractivity contribution >= 4 is 23.4 Å². The number of benzene rings is 3. The quantitative estimate of drug-likeness (QED) is 0.345. The average Bonchev–Trinajstić information content (AvgIpc) is 3.34. The molecule has 0 unspecified atom stereocenters. The molecule has 9 heteroatoms. The first-order valence-electron chi connectivity index (χ1n) is 10.6. The topological polar surface area (TPSA) is 77.7 Å². The smallest absolute Gasteiger partial charge is 0.277 e. The van der Waals surface area contributed by atoms with E-state index in [0.29, 0.717) is 18.1 Å². The molecule has 0 aliphatic carbocycles. The van der Waals surface area contributed by atoms with Crippen molar-refractivity contribution in [2.45, 2.75) is 17.9 Å². The summed E-state index contributed by atoms with van der Waals surface area (Å²) in [4.78, 5) is 15.1. The number of amides is 1. The fourth-order valence-electron chi connectivity index (χ4n) is 3.64. The van der Waals surface area contributed by atoms with Crippen LogP contribution in [0.15, 0.2) is 88.5 Å². The van der Waals surface area contributed by atoms with Gasteiger partial charge in [-0.2, -0.15) is 0 Å². The van der Waals surface area contributed by atoms with Gasteiger partial charge in [0, 0.05) is 0 Å². The lowest BCUT2D eigenvalue weighted by Gasteiger charge is -2.37. The van der Waals surface area contributed by atoms with E-state index in [4.69, 9.17) is 13.9 Å². The zero-order valence-corrected chi connectivity index (χ0v) is 18.8. The predicted molar refractivity (Wildman–Crippen MR) is 124 cm³/mol. The molecule has 0 saturated heterocycles. The molecule has 1 aliphatic heterocycles. The summed E-state index contributed by atoms with van der Waals surface area (Å²) in [6.07, 6.45) is 0. The first-order valence-corrected chi connectivity index (χ1v) is 11.6. The average molecular weight is 478 g/mol. The van der Waals surface area contributed by atoms with Crippen LogP contribution in [-0.4, -0.2) is 28.5 Å². The van der Waals surface area contributed by atoms with Crippen LogP contribution in [0, 0.1) is 5.82 Å². The monoisotopic (exact) mass is 477 g/mol. The summed E-state index contributed by atoms with van der Waals surface area (Å²) in [7, 11) is 0. The van der Waals surface area contributed by atoms with E-state index in [9.17, 15) is 9.18 Å². The van der Waals surface area contributed by atoms with Crippen LogP contribution >= 0.6 is 11.8 Å². The van der Waals surface area contributed by atoms with E-state index in [-0.39, 0.29) is 41.2 Å². The van der Waals surface area contributed by atoms with Gasteiger partial charge < -0.3 is 13.9 Å². The van der Waals surface area contributed by atoms with E-state index in [0.717, 1.165) is 23.0 Å². The van der Waals surface area contributed by atoms with E-state index in [1.165, 1.54) is 24.3 Å². The number of para-hydroxylation sites is 2. The minimum absolute atomic E-state index is 0.0417. The number of hydrogen-bond donors (Lipinski definition) is 0. The molecule has 0 N–H and O–H groups in total. The molecule has 0 saturated carbocycles. The molecular weight excluding hydrogens is 457 g/mol. The Kier molecular flexibility index (Phi) is 6.44. The summed E-state index contributed by atoms with van der Waals surface area (Å²) in [5.41, 5.74) is 1.72. The molecule has 1 atom stereocenters. The SMILES string of the molecule is O=C(CSc1nnc(COc2ccc(F)cc2)o1)N1c2ccccc2OC[C@@H]1c1ccccc1. The number of carbonyl (C=O) groups excluding carboxylic acids is 1. The predicted octanol–water partition coefficient (Wildman–Crippen LogP) is 5.05. The number of anilines is 1. The van der Waals surface area contributed by atoms with Crippen molar-refractivity contribution in [3.63, 3.8) is 0 Å². The van der Waals surface area contributed by atoms with Crippen molar-refractivity contribution in [3.8, 4) is 11.5 Å². The third kappa shape index (κ3) is 4.89. The van der Waals surface area contributed by atoms with Gasteiger partial charge in [-0.1, -0.05) is 54.2 Å². The second kappa shape index (κ2) is 9.96. The van der Waals surface area contributed by atoms with Gasteiger partial charge in [-0.05, 0) is 42.0 Å². The van der Waals surface area contributed by atoms with Gasteiger partial charge in [0.05, 0.1) is 17.5 Å². The maximum absolute atomic E-state index is 13.4. The molecule has 0 radical (unpaired) electrons. The van der Waals surface area contributed by atoms with Crippen LogP contribution in [0.3, 0.4) is 0 Å². The number of nitrogens with zero attached hydrogens (tertiary/aromatic N) is 3. The molecule has 4 aromatic rings. The van der Waals surface area contributed by atoms with Gasteiger partial charge in [0.25, 0.3) is 11.1 Å². The summed E-state index contributed by atoms with van der Waals surface area (Å²) in [5, 5.41) is 8.22. The Morgan fingerprint density at radius 3 is 2.62 bits per heavy atom. The van der Waals surface area contributed by atoms with Crippen LogP contribution in [-0.2, 0) is 11.4 Å². The third-order valence-electron chi connectivity index (χ3n) is 5.23. The minimum atomic E-state index is -0.342. The summed E-state index contributed by atoms with van der Waals surface area (Å²) in [6, 6.07) is 22.7. The number of fused-ring (bicyclic) bond motifs is 1. The minimum Gasteiger partial charge on any atom is -0.489 e. The molecular formula is C25H20FN3O4S. The molecule has 0 fully saturated rings. The normalized spacial score (nSPS) is 14.9. The molecule has 5 rings (SSSR count). The Labute approximate surface area is 199 Å². The highest BCUT2D eigenvalue weighted by Gasteiger charge is 2.33. The zero-order valence-electron chi connectivity index (χ0n) is 18.0. The maximum atomic E-state index is 13.4. The van der Waals surface area contributed by atoms with Gasteiger partial charge in [0.1, 0.15) is 23.9 Å². The van der Waals surface area contributed by atoms with E-state index in [1.54, 1.807) is 4.90 Å². The van der Waals surface area contributed by atoms with Gasteiger partial charge in [-0.25, -0.2) is 4.39 Å². The zero-order chi connectivity index (χ0) is 23.3. The second-order valence-corrected chi connectivity index (χ2v) is 8.39. The lowest BCUT2D eigenvalue weighted by molar-refractivity contribution is -0.117. The van der Waals surface area contributed by atoms with E-state index < -0.39 is 0 Å². The van der Waals surface area contributed by atoms with Crippen LogP contribution in [0.4, 0.5) is 10.1 Å². The Hall–Kier alpha value is -3.85. The Morgan fingerprint density at radius 2 is 1.79 bits per heavy atom. The van der Waals surface area contributed by atoms with Crippen LogP contribution in [0.5, 0.6) is 11.5 Å². The Bertz CT molecular complexity index is 1270. The highest BCUT2D eigenvalue weighted by Crippen LogP contribution is 2.39. The summed E-state index contributed by atoms with van der Waals surface area (Å²) >= 11 is 1.16. The number of halogens is 1. The molecule has 0 bridgehead atoms.